The molecule has 1 N–H and O–H groups in total. The van der Waals surface area contributed by atoms with Crippen molar-refractivity contribution in [1.29, 1.82) is 0 Å². The summed E-state index contributed by atoms with van der Waals surface area (Å²) in [5.41, 5.74) is 0.628. The van der Waals surface area contributed by atoms with Gasteiger partial charge in [0.15, 0.2) is 0 Å². The van der Waals surface area contributed by atoms with Crippen LogP contribution in [0.25, 0.3) is 0 Å². The minimum absolute atomic E-state index is 0.0886. The summed E-state index contributed by atoms with van der Waals surface area (Å²) in [6, 6.07) is 4.26. The van der Waals surface area contributed by atoms with Crippen LogP contribution in [0.1, 0.15) is 15.9 Å². The Morgan fingerprint density at radius 1 is 1.50 bits per heavy atom. The van der Waals surface area contributed by atoms with Crippen molar-refractivity contribution in [1.82, 2.24) is 5.32 Å². The first-order valence-electron chi connectivity index (χ1n) is 5.22. The Morgan fingerprint density at radius 3 is 2.72 bits per heavy atom. The van der Waals surface area contributed by atoms with Crippen molar-refractivity contribution in [2.45, 2.75) is 12.3 Å². The van der Waals surface area contributed by atoms with Crippen LogP contribution in [0.2, 0.25) is 0 Å². The van der Waals surface area contributed by atoms with Gasteiger partial charge < -0.3 is 10.1 Å². The fourth-order valence-corrected chi connectivity index (χ4v) is 1.46. The molecule has 0 saturated carbocycles. The number of halogens is 2. The predicted molar refractivity (Wildman–Crippen MR) is 65.1 cm³/mol. The van der Waals surface area contributed by atoms with Crippen LogP contribution in [0.4, 0.5) is 4.39 Å². The van der Waals surface area contributed by atoms with Gasteiger partial charge in [0.1, 0.15) is 11.2 Å². The average molecular weight is 274 g/mol. The molecule has 1 rings (SSSR count). The Balaban J connectivity index is 2.63. The molecule has 0 heterocycles. The molecule has 0 aliphatic rings. The second kappa shape index (κ2) is 6.35. The van der Waals surface area contributed by atoms with Gasteiger partial charge in [0.2, 0.25) is 0 Å². The molecule has 0 bridgehead atoms. The molecule has 0 fully saturated rings. The zero-order valence-electron chi connectivity index (χ0n) is 10.00. The summed E-state index contributed by atoms with van der Waals surface area (Å²) < 4.78 is 17.9. The van der Waals surface area contributed by atoms with E-state index in [1.807, 2.05) is 0 Å². The van der Waals surface area contributed by atoms with Crippen LogP contribution < -0.4 is 5.32 Å². The third kappa shape index (κ3) is 3.70. The minimum Gasteiger partial charge on any atom is -0.468 e. The van der Waals surface area contributed by atoms with Gasteiger partial charge in [0.25, 0.3) is 5.91 Å². The van der Waals surface area contributed by atoms with Crippen LogP contribution in [0.15, 0.2) is 18.2 Å². The second-order valence-electron chi connectivity index (χ2n) is 3.68. The fourth-order valence-electron chi connectivity index (χ4n) is 1.29. The van der Waals surface area contributed by atoms with E-state index in [9.17, 15) is 14.0 Å². The number of rotatable bonds is 4. The number of carbonyl (C=O) groups is 2. The van der Waals surface area contributed by atoms with Gasteiger partial charge in [-0.15, -0.1) is 11.6 Å². The van der Waals surface area contributed by atoms with Gasteiger partial charge in [0, 0.05) is 6.54 Å². The lowest BCUT2D eigenvalue weighted by molar-refractivity contribution is -0.140. The topological polar surface area (TPSA) is 55.4 Å². The van der Waals surface area contributed by atoms with E-state index in [4.69, 9.17) is 11.6 Å². The van der Waals surface area contributed by atoms with E-state index in [0.29, 0.717) is 5.56 Å². The van der Waals surface area contributed by atoms with Crippen LogP contribution in [-0.4, -0.2) is 30.9 Å². The standard InChI is InChI=1S/C12H13ClFNO3/c1-7-3-4-8(10(14)5-7)11(16)15-6-9(13)12(17)18-2/h3-5,9H,6H2,1-2H3,(H,15,16). The number of methoxy groups -OCH3 is 1. The first kappa shape index (κ1) is 14.4. The second-order valence-corrected chi connectivity index (χ2v) is 4.21. The summed E-state index contributed by atoms with van der Waals surface area (Å²) in [7, 11) is 1.19. The number of esters is 1. The molecule has 1 aromatic carbocycles. The first-order chi connectivity index (χ1) is 8.45. The third-order valence-corrected chi connectivity index (χ3v) is 2.60. The molecule has 0 saturated heterocycles. The molecule has 0 spiro atoms. The van der Waals surface area contributed by atoms with E-state index in [2.05, 4.69) is 10.1 Å². The maximum Gasteiger partial charge on any atom is 0.325 e. The summed E-state index contributed by atoms with van der Waals surface area (Å²) in [5, 5.41) is 1.37. The van der Waals surface area contributed by atoms with Gasteiger partial charge in [0.05, 0.1) is 12.7 Å². The summed E-state index contributed by atoms with van der Waals surface area (Å²) in [6.45, 7) is 1.59. The lowest BCUT2D eigenvalue weighted by Crippen LogP contribution is -2.34. The van der Waals surface area contributed by atoms with Gasteiger partial charge in [-0.3, -0.25) is 9.59 Å². The number of hydrogen-bond acceptors (Lipinski definition) is 3. The van der Waals surface area contributed by atoms with Crippen molar-refractivity contribution in [3.63, 3.8) is 0 Å². The van der Waals surface area contributed by atoms with E-state index < -0.39 is 23.1 Å². The van der Waals surface area contributed by atoms with E-state index >= 15 is 0 Å². The largest absolute Gasteiger partial charge is 0.468 e. The van der Waals surface area contributed by atoms with Crippen molar-refractivity contribution in [3.8, 4) is 0 Å². The number of ether oxygens (including phenoxy) is 1. The summed E-state index contributed by atoms with van der Waals surface area (Å²) in [6.07, 6.45) is 0. The molecule has 0 aliphatic heterocycles. The molecule has 0 radical (unpaired) electrons. The molecule has 4 nitrogen and oxygen atoms in total. The van der Waals surface area contributed by atoms with E-state index in [1.165, 1.54) is 19.2 Å². The van der Waals surface area contributed by atoms with Crippen LogP contribution >= 0.6 is 11.6 Å². The molecular weight excluding hydrogens is 261 g/mol. The van der Waals surface area contributed by atoms with E-state index in [1.54, 1.807) is 13.0 Å². The van der Waals surface area contributed by atoms with Crippen LogP contribution in [0.3, 0.4) is 0 Å². The molecule has 6 heteroatoms. The maximum atomic E-state index is 13.5. The molecule has 1 aromatic rings. The Morgan fingerprint density at radius 2 is 2.17 bits per heavy atom. The summed E-state index contributed by atoms with van der Waals surface area (Å²) in [5.74, 6) is -1.89. The van der Waals surface area contributed by atoms with Crippen LogP contribution in [0, 0.1) is 12.7 Å². The highest BCUT2D eigenvalue weighted by atomic mass is 35.5. The quantitative estimate of drug-likeness (QED) is 0.670. The van der Waals surface area contributed by atoms with Crippen LogP contribution in [0.5, 0.6) is 0 Å². The summed E-state index contributed by atoms with van der Waals surface area (Å²) >= 11 is 5.64. The van der Waals surface area contributed by atoms with Crippen molar-refractivity contribution in [2.24, 2.45) is 0 Å². The van der Waals surface area contributed by atoms with Crippen molar-refractivity contribution in [2.75, 3.05) is 13.7 Å². The van der Waals surface area contributed by atoms with Crippen molar-refractivity contribution >= 4 is 23.5 Å². The van der Waals surface area contributed by atoms with Crippen LogP contribution in [-0.2, 0) is 9.53 Å². The lowest BCUT2D eigenvalue weighted by atomic mass is 10.1. The Kier molecular flexibility index (Phi) is 5.09. The fraction of sp³-hybridized carbons (Fsp3) is 0.333. The van der Waals surface area contributed by atoms with E-state index in [-0.39, 0.29) is 12.1 Å². The highest BCUT2D eigenvalue weighted by molar-refractivity contribution is 6.30. The zero-order valence-corrected chi connectivity index (χ0v) is 10.8. The maximum absolute atomic E-state index is 13.5. The molecule has 1 amide bonds. The average Bonchev–Trinajstić information content (AvgIpc) is 2.34. The smallest absolute Gasteiger partial charge is 0.325 e. The van der Waals surface area contributed by atoms with Gasteiger partial charge in [-0.2, -0.15) is 0 Å². The SMILES string of the molecule is COC(=O)C(Cl)CNC(=O)c1ccc(C)cc1F. The lowest BCUT2D eigenvalue weighted by Gasteiger charge is -2.09. The number of nitrogens with one attached hydrogen (secondary N) is 1. The number of hydrogen-bond donors (Lipinski definition) is 1. The highest BCUT2D eigenvalue weighted by Crippen LogP contribution is 2.09. The Bertz CT molecular complexity index is 465. The first-order valence-corrected chi connectivity index (χ1v) is 5.65. The Labute approximate surface area is 109 Å². The molecule has 0 aromatic heterocycles. The van der Waals surface area contributed by atoms with Gasteiger partial charge in [-0.05, 0) is 24.6 Å². The monoisotopic (exact) mass is 273 g/mol. The molecule has 1 unspecified atom stereocenters. The Hall–Kier alpha value is -1.62. The highest BCUT2D eigenvalue weighted by Gasteiger charge is 2.18. The molecule has 98 valence electrons. The number of alkyl halides is 1. The van der Waals surface area contributed by atoms with Crippen molar-refractivity contribution in [3.05, 3.63) is 35.1 Å². The number of carbonyl (C=O) groups excluding carboxylic acids is 2. The van der Waals surface area contributed by atoms with Crippen molar-refractivity contribution < 1.29 is 18.7 Å². The number of aryl methyl sites for hydroxylation is 1. The van der Waals surface area contributed by atoms with E-state index in [0.717, 1.165) is 0 Å². The zero-order chi connectivity index (χ0) is 13.7. The number of benzene rings is 1. The number of amides is 1. The normalized spacial score (nSPS) is 11.8. The van der Waals surface area contributed by atoms with Gasteiger partial charge in [-0.25, -0.2) is 4.39 Å². The molecule has 18 heavy (non-hydrogen) atoms. The molecule has 1 atom stereocenters. The van der Waals surface area contributed by atoms with Gasteiger partial charge >= 0.3 is 5.97 Å². The van der Waals surface area contributed by atoms with Gasteiger partial charge in [-0.1, -0.05) is 6.07 Å². The molecule has 0 aliphatic carbocycles. The third-order valence-electron chi connectivity index (χ3n) is 2.27. The summed E-state index contributed by atoms with van der Waals surface area (Å²) in [4.78, 5) is 22.6. The minimum atomic E-state index is -0.993. The predicted octanol–water partition coefficient (Wildman–Crippen LogP) is 1.64. The molecular formula is C12H13ClFNO3.